The Morgan fingerprint density at radius 1 is 1.37 bits per heavy atom. The van der Waals surface area contributed by atoms with Crippen molar-refractivity contribution in [2.45, 2.75) is 51.1 Å². The molecule has 0 spiro atoms. The molecule has 2 heterocycles. The minimum Gasteiger partial charge on any atom is -0.481 e. The largest absolute Gasteiger partial charge is 0.481 e. The highest BCUT2D eigenvalue weighted by Crippen LogP contribution is 2.21. The lowest BCUT2D eigenvalue weighted by molar-refractivity contribution is -0.137. The molecule has 1 aliphatic rings. The van der Waals surface area contributed by atoms with Crippen LogP contribution in [0.1, 0.15) is 38.5 Å². The van der Waals surface area contributed by atoms with Gasteiger partial charge in [-0.25, -0.2) is 4.98 Å². The second-order valence-electron chi connectivity index (χ2n) is 5.27. The molecule has 2 rings (SSSR count). The smallest absolute Gasteiger partial charge is 0.303 e. The normalized spacial score (nSPS) is 20.5. The number of imidazole rings is 1. The minimum absolute atomic E-state index is 0.294. The van der Waals surface area contributed by atoms with Crippen molar-refractivity contribution in [3.63, 3.8) is 0 Å². The van der Waals surface area contributed by atoms with E-state index in [1.807, 2.05) is 12.5 Å². The van der Waals surface area contributed by atoms with Gasteiger partial charge in [0.1, 0.15) is 0 Å². The Labute approximate surface area is 114 Å². The molecule has 0 saturated carbocycles. The van der Waals surface area contributed by atoms with Gasteiger partial charge in [0.15, 0.2) is 0 Å². The summed E-state index contributed by atoms with van der Waals surface area (Å²) in [6.07, 6.45) is 11.4. The van der Waals surface area contributed by atoms with E-state index in [-0.39, 0.29) is 0 Å². The highest BCUT2D eigenvalue weighted by Gasteiger charge is 2.22. The van der Waals surface area contributed by atoms with Crippen molar-refractivity contribution in [1.29, 1.82) is 0 Å². The lowest BCUT2D eigenvalue weighted by Crippen LogP contribution is -2.40. The molecular weight excluding hydrogens is 242 g/mol. The number of carbonyl (C=O) groups is 1. The van der Waals surface area contributed by atoms with E-state index >= 15 is 0 Å². The SMILES string of the molecule is O=C(O)CCC1CCCCN1CCCn1ccnc1. The van der Waals surface area contributed by atoms with Crippen molar-refractivity contribution < 1.29 is 9.90 Å². The number of nitrogens with zero attached hydrogens (tertiary/aromatic N) is 3. The van der Waals surface area contributed by atoms with E-state index in [0.717, 1.165) is 38.9 Å². The maximum absolute atomic E-state index is 10.7. The summed E-state index contributed by atoms with van der Waals surface area (Å²) in [5.74, 6) is -0.677. The zero-order valence-corrected chi connectivity index (χ0v) is 11.4. The maximum Gasteiger partial charge on any atom is 0.303 e. The summed E-state index contributed by atoms with van der Waals surface area (Å²) >= 11 is 0. The second-order valence-corrected chi connectivity index (χ2v) is 5.27. The first kappa shape index (κ1) is 14.1. The Hall–Kier alpha value is -1.36. The van der Waals surface area contributed by atoms with Crippen molar-refractivity contribution in [1.82, 2.24) is 14.5 Å². The number of hydrogen-bond donors (Lipinski definition) is 1. The number of hydrogen-bond acceptors (Lipinski definition) is 3. The third kappa shape index (κ3) is 4.67. The molecule has 5 nitrogen and oxygen atoms in total. The van der Waals surface area contributed by atoms with Crippen molar-refractivity contribution in [2.75, 3.05) is 13.1 Å². The summed E-state index contributed by atoms with van der Waals surface area (Å²) in [5.41, 5.74) is 0. The van der Waals surface area contributed by atoms with Crippen LogP contribution < -0.4 is 0 Å². The van der Waals surface area contributed by atoms with Crippen LogP contribution in [0.25, 0.3) is 0 Å². The van der Waals surface area contributed by atoms with E-state index in [1.165, 1.54) is 12.8 Å². The van der Waals surface area contributed by atoms with Crippen LogP contribution in [0.15, 0.2) is 18.7 Å². The first-order valence-corrected chi connectivity index (χ1v) is 7.17. The van der Waals surface area contributed by atoms with Gasteiger partial charge in [-0.3, -0.25) is 4.79 Å². The third-order valence-electron chi connectivity index (χ3n) is 3.86. The number of rotatable bonds is 7. The molecule has 1 atom stereocenters. The van der Waals surface area contributed by atoms with E-state index in [1.54, 1.807) is 6.20 Å². The number of likely N-dealkylation sites (tertiary alicyclic amines) is 1. The average molecular weight is 265 g/mol. The van der Waals surface area contributed by atoms with Gasteiger partial charge in [0, 0.05) is 37.9 Å². The third-order valence-corrected chi connectivity index (χ3v) is 3.86. The lowest BCUT2D eigenvalue weighted by Gasteiger charge is -2.35. The van der Waals surface area contributed by atoms with Gasteiger partial charge in [-0.1, -0.05) is 6.42 Å². The van der Waals surface area contributed by atoms with E-state index in [4.69, 9.17) is 5.11 Å². The van der Waals surface area contributed by atoms with Crippen LogP contribution in [0.2, 0.25) is 0 Å². The van der Waals surface area contributed by atoms with Crippen LogP contribution in [0.5, 0.6) is 0 Å². The van der Waals surface area contributed by atoms with Gasteiger partial charge >= 0.3 is 5.97 Å². The number of carboxylic acids is 1. The highest BCUT2D eigenvalue weighted by atomic mass is 16.4. The molecule has 0 bridgehead atoms. The molecule has 106 valence electrons. The Kier molecular flexibility index (Phi) is 5.39. The van der Waals surface area contributed by atoms with Crippen LogP contribution in [0.4, 0.5) is 0 Å². The molecule has 0 aliphatic carbocycles. The van der Waals surface area contributed by atoms with Crippen LogP contribution in [-0.2, 0) is 11.3 Å². The molecule has 5 heteroatoms. The van der Waals surface area contributed by atoms with E-state index in [0.29, 0.717) is 12.5 Å². The first-order chi connectivity index (χ1) is 9.25. The molecule has 1 aliphatic heterocycles. The van der Waals surface area contributed by atoms with Gasteiger partial charge in [-0.05, 0) is 32.2 Å². The van der Waals surface area contributed by atoms with E-state index in [2.05, 4.69) is 14.5 Å². The van der Waals surface area contributed by atoms with Crippen molar-refractivity contribution in [3.05, 3.63) is 18.7 Å². The molecule has 1 saturated heterocycles. The predicted molar refractivity (Wildman–Crippen MR) is 72.9 cm³/mol. The molecule has 1 N–H and O–H groups in total. The Bertz CT molecular complexity index is 378. The maximum atomic E-state index is 10.7. The number of piperidine rings is 1. The molecular formula is C14H23N3O2. The van der Waals surface area contributed by atoms with Crippen LogP contribution >= 0.6 is 0 Å². The predicted octanol–water partition coefficient (Wildman–Crippen LogP) is 1.99. The summed E-state index contributed by atoms with van der Waals surface area (Å²) in [5, 5.41) is 8.80. The van der Waals surface area contributed by atoms with Gasteiger partial charge in [0.25, 0.3) is 0 Å². The Morgan fingerprint density at radius 3 is 3.00 bits per heavy atom. The molecule has 1 unspecified atom stereocenters. The molecule has 1 aromatic heterocycles. The number of aliphatic carboxylic acids is 1. The van der Waals surface area contributed by atoms with Gasteiger partial charge < -0.3 is 14.6 Å². The van der Waals surface area contributed by atoms with Gasteiger partial charge in [-0.15, -0.1) is 0 Å². The molecule has 1 aromatic rings. The number of aromatic nitrogens is 2. The first-order valence-electron chi connectivity index (χ1n) is 7.17. The molecule has 19 heavy (non-hydrogen) atoms. The molecule has 0 radical (unpaired) electrons. The van der Waals surface area contributed by atoms with Crippen LogP contribution in [-0.4, -0.2) is 44.7 Å². The van der Waals surface area contributed by atoms with Gasteiger partial charge in [0.2, 0.25) is 0 Å². The van der Waals surface area contributed by atoms with Crippen LogP contribution in [0, 0.1) is 0 Å². The fourth-order valence-corrected chi connectivity index (χ4v) is 2.85. The van der Waals surface area contributed by atoms with E-state index < -0.39 is 5.97 Å². The zero-order chi connectivity index (χ0) is 13.5. The quantitative estimate of drug-likeness (QED) is 0.819. The second kappa shape index (κ2) is 7.28. The molecule has 0 aromatic carbocycles. The lowest BCUT2D eigenvalue weighted by atomic mass is 9.98. The van der Waals surface area contributed by atoms with Crippen molar-refractivity contribution in [3.8, 4) is 0 Å². The van der Waals surface area contributed by atoms with Gasteiger partial charge in [-0.2, -0.15) is 0 Å². The molecule has 0 amide bonds. The van der Waals surface area contributed by atoms with Gasteiger partial charge in [0.05, 0.1) is 6.33 Å². The summed E-state index contributed by atoms with van der Waals surface area (Å²) in [6.45, 7) is 3.17. The topological polar surface area (TPSA) is 58.4 Å². The fourth-order valence-electron chi connectivity index (χ4n) is 2.85. The Morgan fingerprint density at radius 2 is 2.26 bits per heavy atom. The number of aryl methyl sites for hydroxylation is 1. The van der Waals surface area contributed by atoms with Crippen LogP contribution in [0.3, 0.4) is 0 Å². The summed E-state index contributed by atoms with van der Waals surface area (Å²) in [7, 11) is 0. The number of carboxylic acid groups (broad SMARTS) is 1. The van der Waals surface area contributed by atoms with E-state index in [9.17, 15) is 4.79 Å². The summed E-state index contributed by atoms with van der Waals surface area (Å²) < 4.78 is 2.09. The van der Waals surface area contributed by atoms with Crippen molar-refractivity contribution >= 4 is 5.97 Å². The standard InChI is InChI=1S/C14H23N3O2/c18-14(19)6-5-13-4-1-2-9-17(13)10-3-8-16-11-7-15-12-16/h7,11-13H,1-6,8-10H2,(H,18,19). The highest BCUT2D eigenvalue weighted by molar-refractivity contribution is 5.66. The fraction of sp³-hybridized carbons (Fsp3) is 0.714. The molecule has 1 fully saturated rings. The summed E-state index contributed by atoms with van der Waals surface area (Å²) in [4.78, 5) is 17.2. The Balaban J connectivity index is 1.73. The minimum atomic E-state index is -0.677. The summed E-state index contributed by atoms with van der Waals surface area (Å²) in [6, 6.07) is 0.465. The van der Waals surface area contributed by atoms with Crippen molar-refractivity contribution in [2.24, 2.45) is 0 Å². The monoisotopic (exact) mass is 265 g/mol. The average Bonchev–Trinajstić information content (AvgIpc) is 2.91. The zero-order valence-electron chi connectivity index (χ0n) is 11.4.